The summed E-state index contributed by atoms with van der Waals surface area (Å²) in [6.45, 7) is 0.768. The summed E-state index contributed by atoms with van der Waals surface area (Å²) >= 11 is 0. The minimum atomic E-state index is 0.186. The van der Waals surface area contributed by atoms with Gasteiger partial charge in [0.05, 0.1) is 11.0 Å². The average Bonchev–Trinajstić information content (AvgIpc) is 3.18. The van der Waals surface area contributed by atoms with Crippen LogP contribution in [0, 0.1) is 0 Å². The molecule has 0 saturated carbocycles. The van der Waals surface area contributed by atoms with E-state index in [1.165, 1.54) is 0 Å². The molecule has 23 heavy (non-hydrogen) atoms. The van der Waals surface area contributed by atoms with Crippen LogP contribution in [0.2, 0.25) is 0 Å². The first-order valence-corrected chi connectivity index (χ1v) is 7.98. The van der Waals surface area contributed by atoms with Gasteiger partial charge in [-0.15, -0.1) is 0 Å². The van der Waals surface area contributed by atoms with Crippen molar-refractivity contribution in [3.8, 4) is 0 Å². The van der Waals surface area contributed by atoms with Crippen LogP contribution < -0.4 is 4.90 Å². The number of rotatable bonds is 4. The average molecular weight is 306 g/mol. The van der Waals surface area contributed by atoms with Crippen LogP contribution >= 0.6 is 0 Å². The highest BCUT2D eigenvalue weighted by Gasteiger charge is 2.23. The number of aromatic amines is 1. The molecular formula is C18H18N4O. The Kier molecular flexibility index (Phi) is 3.54. The Hall–Kier alpha value is -2.69. The van der Waals surface area contributed by atoms with Crippen molar-refractivity contribution >= 4 is 22.6 Å². The third kappa shape index (κ3) is 2.70. The molecule has 0 saturated heterocycles. The standard InChI is InChI=1S/C18H18N4O/c23-18(22-11-9-13-12-19-10-8-16(13)22)7-3-6-17-20-14-4-1-2-5-15(14)21-17/h1-2,4-5,8,10,12H,3,6-7,9,11H2,(H,20,21). The van der Waals surface area contributed by atoms with E-state index < -0.39 is 0 Å². The summed E-state index contributed by atoms with van der Waals surface area (Å²) in [5.74, 6) is 1.14. The maximum absolute atomic E-state index is 12.4. The molecule has 2 aromatic heterocycles. The Labute approximate surface area is 134 Å². The second-order valence-corrected chi connectivity index (χ2v) is 5.85. The molecule has 1 aliphatic rings. The van der Waals surface area contributed by atoms with Crippen molar-refractivity contribution in [1.29, 1.82) is 0 Å². The number of aromatic nitrogens is 3. The minimum absolute atomic E-state index is 0.186. The molecule has 4 rings (SSSR count). The molecule has 0 atom stereocenters. The summed E-state index contributed by atoms with van der Waals surface area (Å²) in [6.07, 6.45) is 6.64. The van der Waals surface area contributed by atoms with Crippen molar-refractivity contribution in [3.05, 3.63) is 54.1 Å². The molecule has 0 bridgehead atoms. The van der Waals surface area contributed by atoms with Gasteiger partial charge in [0.15, 0.2) is 0 Å². The number of hydrogen-bond acceptors (Lipinski definition) is 3. The van der Waals surface area contributed by atoms with E-state index in [0.717, 1.165) is 53.9 Å². The van der Waals surface area contributed by atoms with Gasteiger partial charge in [-0.1, -0.05) is 12.1 Å². The zero-order chi connectivity index (χ0) is 15.6. The zero-order valence-electron chi connectivity index (χ0n) is 12.8. The largest absolute Gasteiger partial charge is 0.342 e. The van der Waals surface area contributed by atoms with Crippen molar-refractivity contribution in [3.63, 3.8) is 0 Å². The van der Waals surface area contributed by atoms with Gasteiger partial charge in [-0.2, -0.15) is 0 Å². The molecule has 5 heteroatoms. The maximum atomic E-state index is 12.4. The fourth-order valence-electron chi connectivity index (χ4n) is 3.15. The van der Waals surface area contributed by atoms with E-state index in [-0.39, 0.29) is 5.91 Å². The van der Waals surface area contributed by atoms with Gasteiger partial charge in [0, 0.05) is 37.5 Å². The monoisotopic (exact) mass is 306 g/mol. The summed E-state index contributed by atoms with van der Waals surface area (Å²) in [4.78, 5) is 26.3. The Morgan fingerprint density at radius 2 is 2.17 bits per heavy atom. The van der Waals surface area contributed by atoms with Crippen LogP contribution in [0.4, 0.5) is 5.69 Å². The highest BCUT2D eigenvalue weighted by atomic mass is 16.2. The highest BCUT2D eigenvalue weighted by Crippen LogP contribution is 2.27. The summed E-state index contributed by atoms with van der Waals surface area (Å²) in [7, 11) is 0. The molecule has 3 aromatic rings. The van der Waals surface area contributed by atoms with Gasteiger partial charge in [0.25, 0.3) is 0 Å². The predicted molar refractivity (Wildman–Crippen MR) is 89.3 cm³/mol. The third-order valence-electron chi connectivity index (χ3n) is 4.32. The number of para-hydroxylation sites is 2. The Bertz CT molecular complexity index is 822. The molecule has 1 amide bonds. The van der Waals surface area contributed by atoms with Crippen LogP contribution in [0.15, 0.2) is 42.7 Å². The number of H-pyrrole nitrogens is 1. The molecule has 0 unspecified atom stereocenters. The first-order valence-electron chi connectivity index (χ1n) is 7.98. The normalized spacial score (nSPS) is 13.5. The number of nitrogens with one attached hydrogen (secondary N) is 1. The Morgan fingerprint density at radius 1 is 1.26 bits per heavy atom. The molecule has 5 nitrogen and oxygen atoms in total. The molecular weight excluding hydrogens is 288 g/mol. The molecule has 0 radical (unpaired) electrons. The van der Waals surface area contributed by atoms with Gasteiger partial charge in [-0.3, -0.25) is 9.78 Å². The lowest BCUT2D eigenvalue weighted by Crippen LogP contribution is -2.28. The van der Waals surface area contributed by atoms with Gasteiger partial charge < -0.3 is 9.88 Å². The molecule has 3 heterocycles. The number of anilines is 1. The van der Waals surface area contributed by atoms with Crippen LogP contribution in [-0.4, -0.2) is 27.4 Å². The lowest BCUT2D eigenvalue weighted by Gasteiger charge is -2.16. The second kappa shape index (κ2) is 5.83. The summed E-state index contributed by atoms with van der Waals surface area (Å²) in [6, 6.07) is 9.92. The van der Waals surface area contributed by atoms with Crippen LogP contribution in [-0.2, 0) is 17.6 Å². The number of benzene rings is 1. The molecule has 0 fully saturated rings. The SMILES string of the molecule is O=C(CCCc1nc2ccccc2[nH]1)N1CCc2cnccc21. The van der Waals surface area contributed by atoms with Gasteiger partial charge in [0.1, 0.15) is 5.82 Å². The topological polar surface area (TPSA) is 61.9 Å². The van der Waals surface area contributed by atoms with Crippen molar-refractivity contribution < 1.29 is 4.79 Å². The first kappa shape index (κ1) is 13.9. The number of imidazole rings is 1. The van der Waals surface area contributed by atoms with Gasteiger partial charge in [-0.25, -0.2) is 4.98 Å². The third-order valence-corrected chi connectivity index (χ3v) is 4.32. The van der Waals surface area contributed by atoms with Crippen LogP contribution in [0.1, 0.15) is 24.2 Å². The lowest BCUT2D eigenvalue weighted by atomic mass is 10.2. The van der Waals surface area contributed by atoms with Crippen molar-refractivity contribution in [2.45, 2.75) is 25.7 Å². The summed E-state index contributed by atoms with van der Waals surface area (Å²) in [5.41, 5.74) is 4.22. The molecule has 0 aliphatic carbocycles. The predicted octanol–water partition coefficient (Wildman–Crippen LogP) is 2.87. The molecule has 116 valence electrons. The van der Waals surface area contributed by atoms with E-state index in [1.54, 1.807) is 6.20 Å². The van der Waals surface area contributed by atoms with E-state index in [2.05, 4.69) is 15.0 Å². The molecule has 1 N–H and O–H groups in total. The van der Waals surface area contributed by atoms with Crippen LogP contribution in [0.5, 0.6) is 0 Å². The molecule has 1 aromatic carbocycles. The first-order chi connectivity index (χ1) is 11.3. The Morgan fingerprint density at radius 3 is 3.09 bits per heavy atom. The number of nitrogens with zero attached hydrogens (tertiary/aromatic N) is 3. The minimum Gasteiger partial charge on any atom is -0.342 e. The van der Waals surface area contributed by atoms with Crippen LogP contribution in [0.25, 0.3) is 11.0 Å². The maximum Gasteiger partial charge on any atom is 0.227 e. The zero-order valence-corrected chi connectivity index (χ0v) is 12.8. The number of carbonyl (C=O) groups excluding carboxylic acids is 1. The van der Waals surface area contributed by atoms with Gasteiger partial charge in [-0.05, 0) is 36.6 Å². The highest BCUT2D eigenvalue weighted by molar-refractivity contribution is 5.95. The van der Waals surface area contributed by atoms with Crippen molar-refractivity contribution in [1.82, 2.24) is 15.0 Å². The number of carbonyl (C=O) groups is 1. The van der Waals surface area contributed by atoms with E-state index in [1.807, 2.05) is 41.4 Å². The fourth-order valence-corrected chi connectivity index (χ4v) is 3.15. The second-order valence-electron chi connectivity index (χ2n) is 5.85. The van der Waals surface area contributed by atoms with E-state index >= 15 is 0 Å². The number of hydrogen-bond donors (Lipinski definition) is 1. The number of fused-ring (bicyclic) bond motifs is 2. The van der Waals surface area contributed by atoms with E-state index in [9.17, 15) is 4.79 Å². The Balaban J connectivity index is 1.37. The number of aryl methyl sites for hydroxylation is 1. The van der Waals surface area contributed by atoms with E-state index in [0.29, 0.717) is 6.42 Å². The quantitative estimate of drug-likeness (QED) is 0.806. The van der Waals surface area contributed by atoms with Crippen molar-refractivity contribution in [2.75, 3.05) is 11.4 Å². The molecule has 0 spiro atoms. The molecule has 1 aliphatic heterocycles. The smallest absolute Gasteiger partial charge is 0.227 e. The van der Waals surface area contributed by atoms with E-state index in [4.69, 9.17) is 0 Å². The lowest BCUT2D eigenvalue weighted by molar-refractivity contribution is -0.118. The van der Waals surface area contributed by atoms with Gasteiger partial charge in [0.2, 0.25) is 5.91 Å². The van der Waals surface area contributed by atoms with Gasteiger partial charge >= 0.3 is 0 Å². The summed E-state index contributed by atoms with van der Waals surface area (Å²) in [5, 5.41) is 0. The van der Waals surface area contributed by atoms with Crippen LogP contribution in [0.3, 0.4) is 0 Å². The van der Waals surface area contributed by atoms with Crippen molar-refractivity contribution in [2.24, 2.45) is 0 Å². The summed E-state index contributed by atoms with van der Waals surface area (Å²) < 4.78 is 0. The number of pyridine rings is 1. The number of amides is 1. The fraction of sp³-hybridized carbons (Fsp3) is 0.278.